The molecule has 0 fully saturated rings. The van der Waals surface area contributed by atoms with E-state index in [4.69, 9.17) is 14.5 Å². The number of carbonyl (C=O) groups is 1. The fourth-order valence-corrected chi connectivity index (χ4v) is 4.02. The topological polar surface area (TPSA) is 72.5 Å². The molecule has 2 N–H and O–H groups in total. The van der Waals surface area contributed by atoms with Gasteiger partial charge in [0.05, 0.1) is 5.69 Å². The van der Waals surface area contributed by atoms with Gasteiger partial charge >= 0.3 is 0 Å². The number of rotatable bonds is 5. The van der Waals surface area contributed by atoms with Crippen molar-refractivity contribution in [1.29, 1.82) is 0 Å². The van der Waals surface area contributed by atoms with Gasteiger partial charge in [-0.2, -0.15) is 0 Å². The summed E-state index contributed by atoms with van der Waals surface area (Å²) >= 11 is 1.54. The van der Waals surface area contributed by atoms with Gasteiger partial charge in [-0.05, 0) is 48.9 Å². The van der Waals surface area contributed by atoms with Crippen LogP contribution < -0.4 is 20.1 Å². The first-order valence-corrected chi connectivity index (χ1v) is 10.6. The summed E-state index contributed by atoms with van der Waals surface area (Å²) in [7, 11) is 0. The summed E-state index contributed by atoms with van der Waals surface area (Å²) in [6.07, 6.45) is 0. The lowest BCUT2D eigenvalue weighted by molar-refractivity contribution is 0.102. The molecule has 7 heteroatoms. The molecule has 31 heavy (non-hydrogen) atoms. The Bertz CT molecular complexity index is 1270. The lowest BCUT2D eigenvalue weighted by atomic mass is 10.1. The van der Waals surface area contributed by atoms with Crippen molar-refractivity contribution in [2.24, 2.45) is 0 Å². The normalized spacial score (nSPS) is 11.9. The maximum absolute atomic E-state index is 12.7. The zero-order chi connectivity index (χ0) is 21.2. The Morgan fingerprint density at radius 3 is 2.77 bits per heavy atom. The minimum absolute atomic E-state index is 0.177. The highest BCUT2D eigenvalue weighted by atomic mass is 32.1. The van der Waals surface area contributed by atoms with E-state index in [0.717, 1.165) is 27.6 Å². The molecule has 154 valence electrons. The second-order valence-corrected chi connectivity index (χ2v) is 7.94. The van der Waals surface area contributed by atoms with Crippen LogP contribution in [0.5, 0.6) is 11.5 Å². The van der Waals surface area contributed by atoms with E-state index in [1.807, 2.05) is 47.8 Å². The number of nitrogens with zero attached hydrogens (tertiary/aromatic N) is 1. The number of fused-ring (bicyclic) bond motifs is 1. The molecule has 0 aliphatic carbocycles. The van der Waals surface area contributed by atoms with Gasteiger partial charge in [-0.3, -0.25) is 4.79 Å². The van der Waals surface area contributed by atoms with Crippen molar-refractivity contribution >= 4 is 33.8 Å². The second kappa shape index (κ2) is 8.12. The first kappa shape index (κ1) is 19.1. The van der Waals surface area contributed by atoms with Crippen LogP contribution in [-0.2, 0) is 0 Å². The minimum atomic E-state index is -0.212. The summed E-state index contributed by atoms with van der Waals surface area (Å²) in [5, 5.41) is 9.12. The number of thiazole rings is 1. The fourth-order valence-electron chi connectivity index (χ4n) is 3.29. The van der Waals surface area contributed by atoms with E-state index in [1.54, 1.807) is 29.5 Å². The largest absolute Gasteiger partial charge is 0.454 e. The number of aromatic nitrogens is 1. The third kappa shape index (κ3) is 4.08. The average molecular weight is 430 g/mol. The average Bonchev–Trinajstić information content (AvgIpc) is 3.44. The van der Waals surface area contributed by atoms with E-state index >= 15 is 0 Å². The van der Waals surface area contributed by atoms with Gasteiger partial charge in [-0.1, -0.05) is 30.3 Å². The van der Waals surface area contributed by atoms with Gasteiger partial charge in [-0.15, -0.1) is 11.3 Å². The molecule has 0 atom stereocenters. The molecule has 3 aromatic carbocycles. The molecule has 5 rings (SSSR count). The van der Waals surface area contributed by atoms with Crippen LogP contribution in [-0.4, -0.2) is 17.7 Å². The smallest absolute Gasteiger partial charge is 0.255 e. The van der Waals surface area contributed by atoms with Gasteiger partial charge < -0.3 is 20.1 Å². The van der Waals surface area contributed by atoms with Crippen LogP contribution in [0.25, 0.3) is 11.3 Å². The first-order valence-electron chi connectivity index (χ1n) is 9.75. The van der Waals surface area contributed by atoms with Crippen LogP contribution in [0.3, 0.4) is 0 Å². The summed E-state index contributed by atoms with van der Waals surface area (Å²) in [6, 6.07) is 20.9. The highest BCUT2D eigenvalue weighted by molar-refractivity contribution is 7.14. The van der Waals surface area contributed by atoms with Gasteiger partial charge in [-0.25, -0.2) is 4.98 Å². The summed E-state index contributed by atoms with van der Waals surface area (Å²) in [5.41, 5.74) is 5.17. The highest BCUT2D eigenvalue weighted by Crippen LogP contribution is 2.33. The van der Waals surface area contributed by atoms with Gasteiger partial charge in [0.2, 0.25) is 6.79 Å². The Kier molecular flexibility index (Phi) is 5.01. The lowest BCUT2D eigenvalue weighted by Crippen LogP contribution is -2.11. The summed E-state index contributed by atoms with van der Waals surface area (Å²) in [6.45, 7) is 2.24. The Balaban J connectivity index is 1.32. The highest BCUT2D eigenvalue weighted by Gasteiger charge is 2.16. The molecular formula is C24H19N3O3S. The van der Waals surface area contributed by atoms with Crippen LogP contribution >= 0.6 is 11.3 Å². The molecule has 1 amide bonds. The van der Waals surface area contributed by atoms with Crippen molar-refractivity contribution in [3.05, 3.63) is 83.2 Å². The number of hydrogen-bond acceptors (Lipinski definition) is 6. The second-order valence-electron chi connectivity index (χ2n) is 7.08. The zero-order valence-electron chi connectivity index (χ0n) is 16.7. The van der Waals surface area contributed by atoms with Crippen molar-refractivity contribution in [3.8, 4) is 22.8 Å². The van der Waals surface area contributed by atoms with E-state index in [1.165, 1.54) is 0 Å². The van der Waals surface area contributed by atoms with Crippen LogP contribution in [0.1, 0.15) is 15.9 Å². The van der Waals surface area contributed by atoms with E-state index < -0.39 is 0 Å². The van der Waals surface area contributed by atoms with Gasteiger partial charge in [0.15, 0.2) is 16.6 Å². The zero-order valence-corrected chi connectivity index (χ0v) is 17.5. The summed E-state index contributed by atoms with van der Waals surface area (Å²) in [4.78, 5) is 17.4. The molecular weight excluding hydrogens is 410 g/mol. The number of para-hydroxylation sites is 1. The molecule has 4 aromatic rings. The number of anilines is 3. The SMILES string of the molecule is Cc1ccccc1Nc1nc(-c2cccc(NC(=O)c3ccc4c(c3)OCO4)c2)cs1. The lowest BCUT2D eigenvalue weighted by Gasteiger charge is -2.08. The number of ether oxygens (including phenoxy) is 2. The molecule has 0 saturated heterocycles. The maximum atomic E-state index is 12.7. The molecule has 1 aliphatic rings. The Morgan fingerprint density at radius 1 is 1.00 bits per heavy atom. The van der Waals surface area contributed by atoms with Crippen molar-refractivity contribution in [2.75, 3.05) is 17.4 Å². The molecule has 1 aliphatic heterocycles. The fraction of sp³-hybridized carbons (Fsp3) is 0.0833. The van der Waals surface area contributed by atoms with Crippen molar-refractivity contribution in [2.45, 2.75) is 6.92 Å². The minimum Gasteiger partial charge on any atom is -0.454 e. The number of aryl methyl sites for hydroxylation is 1. The van der Waals surface area contributed by atoms with Crippen LogP contribution in [0.4, 0.5) is 16.5 Å². The van der Waals surface area contributed by atoms with Crippen LogP contribution in [0, 0.1) is 6.92 Å². The van der Waals surface area contributed by atoms with Gasteiger partial charge in [0.25, 0.3) is 5.91 Å². The third-order valence-corrected chi connectivity index (χ3v) is 5.70. The Hall–Kier alpha value is -3.84. The van der Waals surface area contributed by atoms with E-state index in [2.05, 4.69) is 23.6 Å². The molecule has 0 saturated carbocycles. The first-order chi connectivity index (χ1) is 15.2. The molecule has 0 unspecified atom stereocenters. The van der Waals surface area contributed by atoms with E-state index in [-0.39, 0.29) is 12.7 Å². The number of hydrogen-bond donors (Lipinski definition) is 2. The van der Waals surface area contributed by atoms with E-state index in [0.29, 0.717) is 22.7 Å². The predicted octanol–water partition coefficient (Wildman–Crippen LogP) is 5.84. The molecule has 6 nitrogen and oxygen atoms in total. The van der Waals surface area contributed by atoms with Gasteiger partial charge in [0.1, 0.15) is 0 Å². The number of benzene rings is 3. The van der Waals surface area contributed by atoms with Crippen molar-refractivity contribution < 1.29 is 14.3 Å². The number of amides is 1. The van der Waals surface area contributed by atoms with Crippen molar-refractivity contribution in [3.63, 3.8) is 0 Å². The Labute approximate surface area is 183 Å². The number of nitrogens with one attached hydrogen (secondary N) is 2. The van der Waals surface area contributed by atoms with Crippen molar-refractivity contribution in [1.82, 2.24) is 4.98 Å². The molecule has 0 radical (unpaired) electrons. The molecule has 1 aromatic heterocycles. The summed E-state index contributed by atoms with van der Waals surface area (Å²) < 4.78 is 10.7. The molecule has 2 heterocycles. The monoisotopic (exact) mass is 429 g/mol. The summed E-state index contributed by atoms with van der Waals surface area (Å²) in [5.74, 6) is 1.02. The molecule has 0 spiro atoms. The van der Waals surface area contributed by atoms with Crippen LogP contribution in [0.15, 0.2) is 72.1 Å². The standard InChI is InChI=1S/C24H19N3O3S/c1-15-5-2-3-8-19(15)26-24-27-20(13-31-24)16-6-4-7-18(11-16)25-23(28)17-9-10-21-22(12-17)30-14-29-21/h2-13H,14H2,1H3,(H,25,28)(H,26,27). The van der Waals surface area contributed by atoms with Crippen LogP contribution in [0.2, 0.25) is 0 Å². The third-order valence-electron chi connectivity index (χ3n) is 4.94. The maximum Gasteiger partial charge on any atom is 0.255 e. The quantitative estimate of drug-likeness (QED) is 0.417. The van der Waals surface area contributed by atoms with E-state index in [9.17, 15) is 4.79 Å². The van der Waals surface area contributed by atoms with Gasteiger partial charge in [0, 0.05) is 27.9 Å². The predicted molar refractivity (Wildman–Crippen MR) is 123 cm³/mol. The molecule has 0 bridgehead atoms. The number of carbonyl (C=O) groups excluding carboxylic acids is 1. The Morgan fingerprint density at radius 2 is 1.87 bits per heavy atom.